The number of aliphatic hydroxyl groups excluding tert-OH is 2. The smallest absolute Gasteiger partial charge is 0.0599 e. The van der Waals surface area contributed by atoms with Crippen LogP contribution in [0.1, 0.15) is 59.8 Å². The van der Waals surface area contributed by atoms with Crippen molar-refractivity contribution >= 4 is 0 Å². The van der Waals surface area contributed by atoms with E-state index in [-0.39, 0.29) is 28.5 Å². The Bertz CT molecular complexity index is 286. The van der Waals surface area contributed by atoms with Crippen molar-refractivity contribution < 1.29 is 10.2 Å². The number of hydrogen-bond acceptors (Lipinski definition) is 2. The van der Waals surface area contributed by atoms with Crippen molar-refractivity contribution in [2.45, 2.75) is 72.0 Å². The summed E-state index contributed by atoms with van der Waals surface area (Å²) >= 11 is 0. The molecule has 16 heavy (non-hydrogen) atoms. The van der Waals surface area contributed by atoms with E-state index in [0.717, 1.165) is 32.1 Å². The van der Waals surface area contributed by atoms with Crippen molar-refractivity contribution in [2.24, 2.45) is 16.2 Å². The van der Waals surface area contributed by atoms with E-state index in [4.69, 9.17) is 0 Å². The first-order chi connectivity index (χ1) is 7.26. The molecule has 0 aromatic heterocycles. The summed E-state index contributed by atoms with van der Waals surface area (Å²) in [4.78, 5) is 0. The third kappa shape index (κ3) is 1.26. The van der Waals surface area contributed by atoms with Gasteiger partial charge in [0.15, 0.2) is 0 Å². The maximum atomic E-state index is 10.4. The zero-order valence-corrected chi connectivity index (χ0v) is 11.1. The summed E-state index contributed by atoms with van der Waals surface area (Å²) in [6, 6.07) is 0. The topological polar surface area (TPSA) is 40.5 Å². The first-order valence-corrected chi connectivity index (χ1v) is 6.62. The number of aliphatic hydroxyl groups is 2. The minimum atomic E-state index is -0.226. The SMILES string of the molecule is CC1(C)[C@@H](O)CC[C@@]2(C)[C@@H](O)CCC[C@]12C. The number of hydrogen-bond donors (Lipinski definition) is 2. The van der Waals surface area contributed by atoms with Gasteiger partial charge in [0.2, 0.25) is 0 Å². The largest absolute Gasteiger partial charge is 0.393 e. The van der Waals surface area contributed by atoms with Gasteiger partial charge in [0.1, 0.15) is 0 Å². The number of fused-ring (bicyclic) bond motifs is 1. The summed E-state index contributed by atoms with van der Waals surface area (Å²) in [5, 5.41) is 20.6. The molecule has 0 heterocycles. The maximum Gasteiger partial charge on any atom is 0.0599 e. The monoisotopic (exact) mass is 226 g/mol. The minimum Gasteiger partial charge on any atom is -0.393 e. The molecule has 0 aromatic rings. The van der Waals surface area contributed by atoms with Crippen LogP contribution in [0.4, 0.5) is 0 Å². The van der Waals surface area contributed by atoms with Crippen LogP contribution in [0.2, 0.25) is 0 Å². The lowest BCUT2D eigenvalue weighted by Crippen LogP contribution is -2.62. The molecule has 94 valence electrons. The Morgan fingerprint density at radius 3 is 2.12 bits per heavy atom. The molecule has 2 aliphatic carbocycles. The van der Waals surface area contributed by atoms with Gasteiger partial charge in [0.05, 0.1) is 12.2 Å². The Morgan fingerprint density at radius 2 is 1.50 bits per heavy atom. The molecule has 2 nitrogen and oxygen atoms in total. The maximum absolute atomic E-state index is 10.4. The quantitative estimate of drug-likeness (QED) is 0.667. The Hall–Kier alpha value is -0.0800. The molecule has 0 bridgehead atoms. The van der Waals surface area contributed by atoms with Crippen LogP contribution in [0.5, 0.6) is 0 Å². The van der Waals surface area contributed by atoms with Crippen LogP contribution in [0.3, 0.4) is 0 Å². The molecular formula is C14H26O2. The Balaban J connectivity index is 2.45. The Labute approximate surface area is 99.1 Å². The van der Waals surface area contributed by atoms with Gasteiger partial charge in [0, 0.05) is 0 Å². The van der Waals surface area contributed by atoms with E-state index in [1.54, 1.807) is 0 Å². The fraction of sp³-hybridized carbons (Fsp3) is 1.00. The van der Waals surface area contributed by atoms with Crippen LogP contribution in [-0.2, 0) is 0 Å². The Kier molecular flexibility index (Phi) is 2.67. The summed E-state index contributed by atoms with van der Waals surface area (Å²) < 4.78 is 0. The first-order valence-electron chi connectivity index (χ1n) is 6.62. The second-order valence-electron chi connectivity index (χ2n) is 6.93. The van der Waals surface area contributed by atoms with Crippen molar-refractivity contribution in [3.8, 4) is 0 Å². The van der Waals surface area contributed by atoms with Crippen LogP contribution in [0.25, 0.3) is 0 Å². The van der Waals surface area contributed by atoms with E-state index >= 15 is 0 Å². The van der Waals surface area contributed by atoms with E-state index in [1.807, 2.05) is 0 Å². The lowest BCUT2D eigenvalue weighted by molar-refractivity contribution is -0.216. The lowest BCUT2D eigenvalue weighted by atomic mass is 9.41. The summed E-state index contributed by atoms with van der Waals surface area (Å²) in [7, 11) is 0. The molecular weight excluding hydrogens is 200 g/mol. The van der Waals surface area contributed by atoms with E-state index in [9.17, 15) is 10.2 Å². The fourth-order valence-corrected chi connectivity index (χ4v) is 4.29. The highest BCUT2D eigenvalue weighted by Gasteiger charge is 2.62. The summed E-state index contributed by atoms with van der Waals surface area (Å²) in [6.45, 7) is 8.85. The molecule has 0 aliphatic heterocycles. The highest BCUT2D eigenvalue weighted by molar-refractivity contribution is 5.11. The third-order valence-electron chi connectivity index (χ3n) is 6.34. The standard InChI is InChI=1S/C14H26O2/c1-12(2)10(15)7-9-13(3)11(16)6-5-8-14(12,13)4/h10-11,15-16H,5-9H2,1-4H3/t10-,11-,13-,14+/m0/s1. The molecule has 2 fully saturated rings. The fourth-order valence-electron chi connectivity index (χ4n) is 4.29. The average Bonchev–Trinajstić information content (AvgIpc) is 2.20. The van der Waals surface area contributed by atoms with Gasteiger partial charge < -0.3 is 10.2 Å². The molecule has 2 heteroatoms. The molecule has 2 aliphatic rings. The summed E-state index contributed by atoms with van der Waals surface area (Å²) in [5.41, 5.74) is -0.0648. The molecule has 0 unspecified atom stereocenters. The van der Waals surface area contributed by atoms with E-state index in [1.165, 1.54) is 0 Å². The van der Waals surface area contributed by atoms with Crippen LogP contribution < -0.4 is 0 Å². The van der Waals surface area contributed by atoms with Crippen molar-refractivity contribution in [3.05, 3.63) is 0 Å². The van der Waals surface area contributed by atoms with Crippen LogP contribution in [0.15, 0.2) is 0 Å². The zero-order chi connectivity index (χ0) is 12.2. The van der Waals surface area contributed by atoms with Crippen molar-refractivity contribution in [3.63, 3.8) is 0 Å². The zero-order valence-electron chi connectivity index (χ0n) is 11.1. The van der Waals surface area contributed by atoms with Crippen molar-refractivity contribution in [1.82, 2.24) is 0 Å². The van der Waals surface area contributed by atoms with E-state index in [2.05, 4.69) is 27.7 Å². The highest BCUT2D eigenvalue weighted by Crippen LogP contribution is 2.65. The predicted octanol–water partition coefficient (Wildman–Crippen LogP) is 2.72. The third-order valence-corrected chi connectivity index (χ3v) is 6.34. The molecule has 0 amide bonds. The van der Waals surface area contributed by atoms with Crippen LogP contribution in [-0.4, -0.2) is 22.4 Å². The van der Waals surface area contributed by atoms with Gasteiger partial charge in [-0.25, -0.2) is 0 Å². The molecule has 0 aromatic carbocycles. The predicted molar refractivity (Wildman–Crippen MR) is 65.1 cm³/mol. The summed E-state index contributed by atoms with van der Waals surface area (Å²) in [6.07, 6.45) is 4.51. The second-order valence-corrected chi connectivity index (χ2v) is 6.93. The van der Waals surface area contributed by atoms with Crippen LogP contribution in [0, 0.1) is 16.2 Å². The molecule has 0 saturated heterocycles. The Morgan fingerprint density at radius 1 is 0.875 bits per heavy atom. The van der Waals surface area contributed by atoms with Gasteiger partial charge in [-0.3, -0.25) is 0 Å². The van der Waals surface area contributed by atoms with Crippen molar-refractivity contribution in [1.29, 1.82) is 0 Å². The highest BCUT2D eigenvalue weighted by atomic mass is 16.3. The van der Waals surface area contributed by atoms with Gasteiger partial charge in [-0.15, -0.1) is 0 Å². The molecule has 2 N–H and O–H groups in total. The minimum absolute atomic E-state index is 0.0199. The van der Waals surface area contributed by atoms with Gasteiger partial charge in [-0.05, 0) is 41.9 Å². The molecule has 2 saturated carbocycles. The molecule has 4 atom stereocenters. The van der Waals surface area contributed by atoms with Crippen LogP contribution >= 0.6 is 0 Å². The second kappa shape index (κ2) is 3.46. The van der Waals surface area contributed by atoms with Gasteiger partial charge in [0.25, 0.3) is 0 Å². The van der Waals surface area contributed by atoms with E-state index < -0.39 is 0 Å². The van der Waals surface area contributed by atoms with Crippen molar-refractivity contribution in [2.75, 3.05) is 0 Å². The van der Waals surface area contributed by atoms with E-state index in [0.29, 0.717) is 0 Å². The molecule has 0 spiro atoms. The average molecular weight is 226 g/mol. The molecule has 2 rings (SSSR count). The molecule has 0 radical (unpaired) electrons. The van der Waals surface area contributed by atoms with Gasteiger partial charge >= 0.3 is 0 Å². The summed E-state index contributed by atoms with van der Waals surface area (Å²) in [5.74, 6) is 0. The lowest BCUT2D eigenvalue weighted by Gasteiger charge is -2.64. The number of rotatable bonds is 0. The van der Waals surface area contributed by atoms with Gasteiger partial charge in [-0.2, -0.15) is 0 Å². The van der Waals surface area contributed by atoms with Gasteiger partial charge in [-0.1, -0.05) is 34.1 Å². The first kappa shape index (κ1) is 12.4. The normalized spacial score (nSPS) is 52.1.